The van der Waals surface area contributed by atoms with Crippen molar-refractivity contribution < 1.29 is 28.1 Å². The molecule has 3 aromatic rings. The second-order valence-corrected chi connectivity index (χ2v) is 9.94. The van der Waals surface area contributed by atoms with Crippen LogP contribution in [0.25, 0.3) is 10.9 Å². The molecule has 3 N–H and O–H groups in total. The van der Waals surface area contributed by atoms with E-state index in [0.717, 1.165) is 27.7 Å². The molecule has 1 aromatic heterocycles. The number of ether oxygens (including phenoxy) is 1. The minimum atomic E-state index is -4.38. The predicted octanol–water partition coefficient (Wildman–Crippen LogP) is 4.48. The summed E-state index contributed by atoms with van der Waals surface area (Å²) in [6.45, 7) is 1.03. The number of rotatable bonds is 1. The van der Waals surface area contributed by atoms with E-state index >= 15 is 0 Å². The molecule has 0 amide bonds. The lowest BCUT2D eigenvalue weighted by Crippen LogP contribution is -2.71. The standard InChI is InChI=1S/C25H25F3N2O3/c1-23-8-9-30(13-25(26,27)28)20-11-14-6-7-18(31)19(10-14)33-22(23)21-16(12-24(20,23)32)15-4-2-3-5-17(15)29-21/h2-7,10,20,22,29,31-32H,8-9,11-13H2,1H3/t20-,22-,23-,24-/m1/s1. The Balaban J connectivity index is 1.61. The Hall–Kier alpha value is -2.71. The minimum Gasteiger partial charge on any atom is -0.504 e. The average molecular weight is 458 g/mol. The topological polar surface area (TPSA) is 68.7 Å². The van der Waals surface area contributed by atoms with Crippen LogP contribution < -0.4 is 4.74 Å². The van der Waals surface area contributed by atoms with Gasteiger partial charge in [-0.25, -0.2) is 0 Å². The Labute approximate surface area is 188 Å². The van der Waals surface area contributed by atoms with Gasteiger partial charge in [-0.2, -0.15) is 13.2 Å². The highest BCUT2D eigenvalue weighted by molar-refractivity contribution is 5.85. The van der Waals surface area contributed by atoms with Crippen molar-refractivity contribution in [3.63, 3.8) is 0 Å². The van der Waals surface area contributed by atoms with Crippen LogP contribution in [0.5, 0.6) is 11.5 Å². The number of halogens is 3. The smallest absolute Gasteiger partial charge is 0.401 e. The number of aromatic hydroxyl groups is 1. The fourth-order valence-corrected chi connectivity index (χ4v) is 6.37. The zero-order valence-electron chi connectivity index (χ0n) is 18.1. The van der Waals surface area contributed by atoms with Crippen LogP contribution in [0.2, 0.25) is 0 Å². The number of nitrogens with one attached hydrogen (secondary N) is 1. The van der Waals surface area contributed by atoms with Gasteiger partial charge in [0.25, 0.3) is 0 Å². The lowest BCUT2D eigenvalue weighted by Gasteiger charge is -2.60. The lowest BCUT2D eigenvalue weighted by atomic mass is 9.55. The molecule has 3 aliphatic rings. The zero-order valence-corrected chi connectivity index (χ0v) is 18.1. The Morgan fingerprint density at radius 3 is 2.79 bits per heavy atom. The van der Waals surface area contributed by atoms with E-state index in [4.69, 9.17) is 4.74 Å². The van der Waals surface area contributed by atoms with Gasteiger partial charge < -0.3 is 19.9 Å². The second-order valence-electron chi connectivity index (χ2n) is 9.94. The number of hydrogen-bond donors (Lipinski definition) is 3. The fourth-order valence-electron chi connectivity index (χ4n) is 6.37. The molecule has 3 heterocycles. The molecule has 5 nitrogen and oxygen atoms in total. The SMILES string of the molecule is C[C@@]12CCN(CC(F)(F)F)[C@@H]3Cc4ccc(O)c(c4)O[C@@H]1c1[nH]c4ccccc4c1C[C@@]32O. The number of aromatic nitrogens is 1. The monoisotopic (exact) mass is 458 g/mol. The highest BCUT2D eigenvalue weighted by Crippen LogP contribution is 2.60. The molecule has 4 atom stereocenters. The van der Waals surface area contributed by atoms with Crippen LogP contribution in [0, 0.1) is 5.41 Å². The third-order valence-electron chi connectivity index (χ3n) is 8.11. The summed E-state index contributed by atoms with van der Waals surface area (Å²) in [5, 5.41) is 23.8. The summed E-state index contributed by atoms with van der Waals surface area (Å²) < 4.78 is 47.1. The lowest BCUT2D eigenvalue weighted by molar-refractivity contribution is -0.228. The Kier molecular flexibility index (Phi) is 4.22. The van der Waals surface area contributed by atoms with E-state index in [1.807, 2.05) is 31.2 Å². The molecular formula is C25H25F3N2O3. The first-order chi connectivity index (χ1) is 15.6. The Morgan fingerprint density at radius 1 is 1.21 bits per heavy atom. The Morgan fingerprint density at radius 2 is 2.00 bits per heavy atom. The van der Waals surface area contributed by atoms with Gasteiger partial charge in [0.15, 0.2) is 11.5 Å². The van der Waals surface area contributed by atoms with Crippen LogP contribution in [0.3, 0.4) is 0 Å². The highest BCUT2D eigenvalue weighted by atomic mass is 19.4. The van der Waals surface area contributed by atoms with Gasteiger partial charge in [-0.3, -0.25) is 4.90 Å². The number of likely N-dealkylation sites (tertiary alicyclic amines) is 1. The van der Waals surface area contributed by atoms with Crippen LogP contribution in [0.4, 0.5) is 13.2 Å². The van der Waals surface area contributed by atoms with Gasteiger partial charge >= 0.3 is 6.18 Å². The second kappa shape index (κ2) is 6.67. The van der Waals surface area contributed by atoms with Gasteiger partial charge in [-0.1, -0.05) is 31.2 Å². The number of fused-ring (bicyclic) bond motifs is 6. The summed E-state index contributed by atoms with van der Waals surface area (Å²) in [5.74, 6) is 0.250. The number of nitrogens with zero attached hydrogens (tertiary/aromatic N) is 1. The summed E-state index contributed by atoms with van der Waals surface area (Å²) in [4.78, 5) is 4.84. The normalized spacial score (nSPS) is 31.3. The third kappa shape index (κ3) is 2.93. The number of para-hydroxylation sites is 1. The van der Waals surface area contributed by atoms with E-state index < -0.39 is 35.9 Å². The Bertz CT molecular complexity index is 1260. The van der Waals surface area contributed by atoms with E-state index in [1.54, 1.807) is 12.1 Å². The first-order valence-electron chi connectivity index (χ1n) is 11.2. The number of benzene rings is 2. The zero-order chi connectivity index (χ0) is 23.2. The molecule has 0 spiro atoms. The van der Waals surface area contributed by atoms with Crippen molar-refractivity contribution in [2.75, 3.05) is 13.1 Å². The largest absolute Gasteiger partial charge is 0.504 e. The molecule has 33 heavy (non-hydrogen) atoms. The first kappa shape index (κ1) is 20.9. The van der Waals surface area contributed by atoms with Crippen molar-refractivity contribution in [1.29, 1.82) is 0 Å². The van der Waals surface area contributed by atoms with E-state index in [-0.39, 0.29) is 30.9 Å². The van der Waals surface area contributed by atoms with Crippen LogP contribution in [-0.2, 0) is 12.8 Å². The van der Waals surface area contributed by atoms with Gasteiger partial charge in [0.2, 0.25) is 0 Å². The van der Waals surface area contributed by atoms with Crippen molar-refractivity contribution in [2.45, 2.75) is 50.1 Å². The molecule has 8 heteroatoms. The van der Waals surface area contributed by atoms with Crippen LogP contribution in [-0.4, -0.2) is 51.0 Å². The summed E-state index contributed by atoms with van der Waals surface area (Å²) in [5.41, 5.74) is 0.954. The van der Waals surface area contributed by atoms with Crippen molar-refractivity contribution >= 4 is 10.9 Å². The van der Waals surface area contributed by atoms with Gasteiger partial charge in [-0.15, -0.1) is 0 Å². The highest BCUT2D eigenvalue weighted by Gasteiger charge is 2.65. The number of phenolic OH excluding ortho intramolecular Hbond substituents is 1. The number of H-pyrrole nitrogens is 1. The number of alkyl halides is 3. The molecule has 6 bridgehead atoms. The maximum atomic E-state index is 13.5. The number of phenols is 1. The molecule has 174 valence electrons. The summed E-state index contributed by atoms with van der Waals surface area (Å²) in [6, 6.07) is 11.8. The van der Waals surface area contributed by atoms with Crippen molar-refractivity contribution in [1.82, 2.24) is 9.88 Å². The van der Waals surface area contributed by atoms with E-state index in [9.17, 15) is 23.4 Å². The van der Waals surface area contributed by atoms with Gasteiger partial charge in [-0.05, 0) is 48.7 Å². The van der Waals surface area contributed by atoms with E-state index in [1.165, 1.54) is 11.0 Å². The summed E-state index contributed by atoms with van der Waals surface area (Å²) in [7, 11) is 0. The van der Waals surface area contributed by atoms with E-state index in [2.05, 4.69) is 4.98 Å². The molecular weight excluding hydrogens is 433 g/mol. The van der Waals surface area contributed by atoms with Crippen molar-refractivity contribution in [3.8, 4) is 11.5 Å². The number of piperidine rings is 1. The number of aromatic amines is 1. The van der Waals surface area contributed by atoms with Crippen molar-refractivity contribution in [2.24, 2.45) is 5.41 Å². The molecule has 0 radical (unpaired) electrons. The predicted molar refractivity (Wildman–Crippen MR) is 116 cm³/mol. The number of hydrogen-bond acceptors (Lipinski definition) is 4. The van der Waals surface area contributed by atoms with Gasteiger partial charge in [0.1, 0.15) is 6.10 Å². The van der Waals surface area contributed by atoms with Crippen LogP contribution in [0.1, 0.15) is 36.3 Å². The van der Waals surface area contributed by atoms with Gasteiger partial charge in [0.05, 0.1) is 17.8 Å². The van der Waals surface area contributed by atoms with E-state index in [0.29, 0.717) is 6.42 Å². The maximum absolute atomic E-state index is 13.5. The summed E-state index contributed by atoms with van der Waals surface area (Å²) >= 11 is 0. The molecule has 1 fully saturated rings. The van der Waals surface area contributed by atoms with Crippen LogP contribution in [0.15, 0.2) is 42.5 Å². The molecule has 1 saturated heterocycles. The average Bonchev–Trinajstić information content (AvgIpc) is 3.10. The molecule has 0 saturated carbocycles. The molecule has 2 aromatic carbocycles. The van der Waals surface area contributed by atoms with Crippen molar-refractivity contribution in [3.05, 3.63) is 59.3 Å². The molecule has 6 rings (SSSR count). The van der Waals surface area contributed by atoms with Crippen LogP contribution >= 0.6 is 0 Å². The molecule has 1 aliphatic carbocycles. The minimum absolute atomic E-state index is 0.0299. The van der Waals surface area contributed by atoms with Gasteiger partial charge in [0, 0.05) is 28.8 Å². The third-order valence-corrected chi connectivity index (χ3v) is 8.11. The molecule has 2 aliphatic heterocycles. The fraction of sp³-hybridized carbons (Fsp3) is 0.440. The summed E-state index contributed by atoms with van der Waals surface area (Å²) in [6.07, 6.45) is -4.26. The maximum Gasteiger partial charge on any atom is 0.401 e. The number of aliphatic hydroxyl groups is 1. The molecule has 0 unspecified atom stereocenters. The quantitative estimate of drug-likeness (QED) is 0.503. The first-order valence-corrected chi connectivity index (χ1v) is 11.2.